The molecule has 102 valence electrons. The maximum atomic E-state index is 5.65. The molecule has 1 N–H and O–H groups in total. The van der Waals surface area contributed by atoms with Crippen LogP contribution in [-0.4, -0.2) is 25.8 Å². The molecule has 1 rings (SSSR count). The van der Waals surface area contributed by atoms with Crippen LogP contribution in [0.15, 0.2) is 0 Å². The Bertz CT molecular complexity index is 182. The van der Waals surface area contributed by atoms with E-state index in [1.54, 1.807) is 0 Å². The summed E-state index contributed by atoms with van der Waals surface area (Å²) in [5.74, 6) is 1.74. The maximum absolute atomic E-state index is 5.65. The van der Waals surface area contributed by atoms with Crippen LogP contribution >= 0.6 is 0 Å². The SMILES string of the molecule is CCCNC1CCC(C)CC1CCOCCC. The molecule has 0 spiro atoms. The van der Waals surface area contributed by atoms with Crippen molar-refractivity contribution in [2.75, 3.05) is 19.8 Å². The van der Waals surface area contributed by atoms with Gasteiger partial charge in [-0.3, -0.25) is 0 Å². The molecule has 2 heteroatoms. The largest absolute Gasteiger partial charge is 0.381 e. The molecule has 1 saturated carbocycles. The topological polar surface area (TPSA) is 21.3 Å². The van der Waals surface area contributed by atoms with Crippen LogP contribution in [-0.2, 0) is 4.74 Å². The summed E-state index contributed by atoms with van der Waals surface area (Å²) in [5, 5.41) is 3.73. The molecule has 2 nitrogen and oxygen atoms in total. The second-order valence-corrected chi connectivity index (χ2v) is 5.64. The molecule has 0 radical (unpaired) electrons. The summed E-state index contributed by atoms with van der Waals surface area (Å²) in [6, 6.07) is 0.747. The fourth-order valence-electron chi connectivity index (χ4n) is 2.90. The Kier molecular flexibility index (Phi) is 7.87. The first-order chi connectivity index (χ1) is 8.27. The van der Waals surface area contributed by atoms with Gasteiger partial charge in [0.05, 0.1) is 0 Å². The second kappa shape index (κ2) is 8.93. The summed E-state index contributed by atoms with van der Waals surface area (Å²) in [4.78, 5) is 0. The summed E-state index contributed by atoms with van der Waals surface area (Å²) >= 11 is 0. The highest BCUT2D eigenvalue weighted by atomic mass is 16.5. The predicted octanol–water partition coefficient (Wildman–Crippen LogP) is 3.61. The van der Waals surface area contributed by atoms with E-state index < -0.39 is 0 Å². The monoisotopic (exact) mass is 241 g/mol. The van der Waals surface area contributed by atoms with Gasteiger partial charge in [-0.1, -0.05) is 20.8 Å². The number of nitrogens with one attached hydrogen (secondary N) is 1. The summed E-state index contributed by atoms with van der Waals surface area (Å²) in [7, 11) is 0. The average molecular weight is 241 g/mol. The smallest absolute Gasteiger partial charge is 0.0469 e. The maximum Gasteiger partial charge on any atom is 0.0469 e. The molecule has 17 heavy (non-hydrogen) atoms. The normalized spacial score (nSPS) is 29.5. The van der Waals surface area contributed by atoms with Crippen molar-refractivity contribution in [1.29, 1.82) is 0 Å². The lowest BCUT2D eigenvalue weighted by Crippen LogP contribution is -2.41. The molecule has 0 aromatic carbocycles. The van der Waals surface area contributed by atoms with Crippen molar-refractivity contribution >= 4 is 0 Å². The first kappa shape index (κ1) is 15.0. The number of hydrogen-bond acceptors (Lipinski definition) is 2. The van der Waals surface area contributed by atoms with Gasteiger partial charge in [0.1, 0.15) is 0 Å². The molecule has 3 unspecified atom stereocenters. The molecule has 0 aliphatic heterocycles. The third kappa shape index (κ3) is 5.87. The van der Waals surface area contributed by atoms with Gasteiger partial charge in [0.25, 0.3) is 0 Å². The van der Waals surface area contributed by atoms with Crippen LogP contribution in [0.2, 0.25) is 0 Å². The molecular weight excluding hydrogens is 210 g/mol. The van der Waals surface area contributed by atoms with Gasteiger partial charge in [-0.15, -0.1) is 0 Å². The zero-order valence-electron chi connectivity index (χ0n) is 12.0. The van der Waals surface area contributed by atoms with E-state index in [-0.39, 0.29) is 0 Å². The van der Waals surface area contributed by atoms with Crippen LogP contribution in [0.25, 0.3) is 0 Å². The minimum absolute atomic E-state index is 0.747. The lowest BCUT2D eigenvalue weighted by atomic mass is 9.77. The molecule has 1 aliphatic rings. The fraction of sp³-hybridized carbons (Fsp3) is 1.00. The minimum atomic E-state index is 0.747. The summed E-state index contributed by atoms with van der Waals surface area (Å²) in [6.07, 6.45) is 7.76. The highest BCUT2D eigenvalue weighted by Crippen LogP contribution is 2.31. The zero-order chi connectivity index (χ0) is 12.5. The van der Waals surface area contributed by atoms with Gasteiger partial charge in [0.2, 0.25) is 0 Å². The molecule has 1 aliphatic carbocycles. The van der Waals surface area contributed by atoms with Crippen molar-refractivity contribution in [2.24, 2.45) is 11.8 Å². The molecule has 3 atom stereocenters. The van der Waals surface area contributed by atoms with Crippen LogP contribution < -0.4 is 5.32 Å². The Morgan fingerprint density at radius 1 is 1.12 bits per heavy atom. The zero-order valence-corrected chi connectivity index (χ0v) is 12.0. The Morgan fingerprint density at radius 3 is 2.65 bits per heavy atom. The average Bonchev–Trinajstić information content (AvgIpc) is 2.33. The second-order valence-electron chi connectivity index (χ2n) is 5.64. The van der Waals surface area contributed by atoms with Crippen molar-refractivity contribution in [3.63, 3.8) is 0 Å². The summed E-state index contributed by atoms with van der Waals surface area (Å²) < 4.78 is 5.65. The molecule has 0 aromatic rings. The fourth-order valence-corrected chi connectivity index (χ4v) is 2.90. The van der Waals surface area contributed by atoms with Gasteiger partial charge in [-0.05, 0) is 56.9 Å². The number of hydrogen-bond donors (Lipinski definition) is 1. The van der Waals surface area contributed by atoms with E-state index in [2.05, 4.69) is 26.1 Å². The van der Waals surface area contributed by atoms with Crippen LogP contribution in [0.5, 0.6) is 0 Å². The lowest BCUT2D eigenvalue weighted by Gasteiger charge is -2.35. The van der Waals surface area contributed by atoms with Crippen molar-refractivity contribution < 1.29 is 4.74 Å². The minimum Gasteiger partial charge on any atom is -0.381 e. The van der Waals surface area contributed by atoms with E-state index in [1.165, 1.54) is 38.6 Å². The van der Waals surface area contributed by atoms with Crippen molar-refractivity contribution in [3.05, 3.63) is 0 Å². The molecule has 0 aromatic heterocycles. The molecular formula is C15H31NO. The molecule has 0 heterocycles. The Hall–Kier alpha value is -0.0800. The van der Waals surface area contributed by atoms with Gasteiger partial charge in [0.15, 0.2) is 0 Å². The highest BCUT2D eigenvalue weighted by molar-refractivity contribution is 4.83. The van der Waals surface area contributed by atoms with Crippen molar-refractivity contribution in [1.82, 2.24) is 5.32 Å². The lowest BCUT2D eigenvalue weighted by molar-refractivity contribution is 0.0983. The third-order valence-electron chi connectivity index (χ3n) is 3.88. The first-order valence-corrected chi connectivity index (χ1v) is 7.59. The van der Waals surface area contributed by atoms with Crippen LogP contribution in [0.1, 0.15) is 59.3 Å². The Morgan fingerprint density at radius 2 is 1.94 bits per heavy atom. The first-order valence-electron chi connectivity index (χ1n) is 7.59. The Balaban J connectivity index is 2.27. The number of rotatable bonds is 8. The summed E-state index contributed by atoms with van der Waals surface area (Å²) in [5.41, 5.74) is 0. The van der Waals surface area contributed by atoms with Gasteiger partial charge >= 0.3 is 0 Å². The Labute approximate surface area is 108 Å². The molecule has 0 amide bonds. The van der Waals surface area contributed by atoms with Gasteiger partial charge < -0.3 is 10.1 Å². The standard InChI is InChI=1S/C15H31NO/c1-4-9-16-15-7-6-13(3)12-14(15)8-11-17-10-5-2/h13-16H,4-12H2,1-3H3. The van der Waals surface area contributed by atoms with Crippen LogP contribution in [0, 0.1) is 11.8 Å². The van der Waals surface area contributed by atoms with Crippen molar-refractivity contribution in [3.8, 4) is 0 Å². The molecule has 1 fully saturated rings. The van der Waals surface area contributed by atoms with E-state index in [9.17, 15) is 0 Å². The van der Waals surface area contributed by atoms with Crippen molar-refractivity contribution in [2.45, 2.75) is 65.3 Å². The molecule has 0 bridgehead atoms. The van der Waals surface area contributed by atoms with E-state index in [4.69, 9.17) is 4.74 Å². The van der Waals surface area contributed by atoms with Crippen LogP contribution in [0.4, 0.5) is 0 Å². The van der Waals surface area contributed by atoms with Gasteiger partial charge in [0, 0.05) is 19.3 Å². The third-order valence-corrected chi connectivity index (χ3v) is 3.88. The quantitative estimate of drug-likeness (QED) is 0.656. The van der Waals surface area contributed by atoms with E-state index in [0.29, 0.717) is 0 Å². The van der Waals surface area contributed by atoms with Crippen LogP contribution in [0.3, 0.4) is 0 Å². The number of ether oxygens (including phenoxy) is 1. The predicted molar refractivity (Wildman–Crippen MR) is 74.3 cm³/mol. The van der Waals surface area contributed by atoms with Gasteiger partial charge in [-0.25, -0.2) is 0 Å². The van der Waals surface area contributed by atoms with E-state index >= 15 is 0 Å². The highest BCUT2D eigenvalue weighted by Gasteiger charge is 2.27. The molecule has 0 saturated heterocycles. The van der Waals surface area contributed by atoms with E-state index in [0.717, 1.165) is 37.5 Å². The van der Waals surface area contributed by atoms with E-state index in [1.807, 2.05) is 0 Å². The summed E-state index contributed by atoms with van der Waals surface area (Å²) in [6.45, 7) is 9.87. The van der Waals surface area contributed by atoms with Gasteiger partial charge in [-0.2, -0.15) is 0 Å².